The number of hydrogen-bond donors (Lipinski definition) is 1. The predicted molar refractivity (Wildman–Crippen MR) is 69.8 cm³/mol. The molecular formula is C13H17ClFNO2. The third kappa shape index (κ3) is 3.88. The van der Waals surface area contributed by atoms with Crippen molar-refractivity contribution in [2.24, 2.45) is 0 Å². The third-order valence-corrected chi connectivity index (χ3v) is 3.14. The molecular weight excluding hydrogens is 257 g/mol. The Balaban J connectivity index is 2.67. The van der Waals surface area contributed by atoms with Crippen LogP contribution in [0.1, 0.15) is 30.1 Å². The van der Waals surface area contributed by atoms with Crippen LogP contribution in [0, 0.1) is 5.82 Å². The molecule has 1 atom stereocenters. The molecule has 100 valence electrons. The summed E-state index contributed by atoms with van der Waals surface area (Å²) in [7, 11) is 1.40. The smallest absolute Gasteiger partial charge is 0.258 e. The molecule has 1 unspecified atom stereocenters. The van der Waals surface area contributed by atoms with Gasteiger partial charge in [-0.25, -0.2) is 4.39 Å². The zero-order valence-corrected chi connectivity index (χ0v) is 11.3. The van der Waals surface area contributed by atoms with Crippen LogP contribution in [-0.2, 0) is 0 Å². The summed E-state index contributed by atoms with van der Waals surface area (Å²) >= 11 is 5.93. The Labute approximate surface area is 111 Å². The fourth-order valence-electron chi connectivity index (χ4n) is 1.53. The van der Waals surface area contributed by atoms with Crippen LogP contribution in [0.5, 0.6) is 5.75 Å². The van der Waals surface area contributed by atoms with Gasteiger partial charge in [-0.15, -0.1) is 11.6 Å². The molecule has 1 N–H and O–H groups in total. The third-order valence-electron chi connectivity index (χ3n) is 2.61. The van der Waals surface area contributed by atoms with E-state index in [-0.39, 0.29) is 16.7 Å². The molecule has 0 heterocycles. The van der Waals surface area contributed by atoms with Gasteiger partial charge in [-0.05, 0) is 25.0 Å². The summed E-state index contributed by atoms with van der Waals surface area (Å²) in [6, 6.07) is 4.28. The van der Waals surface area contributed by atoms with Gasteiger partial charge in [0.25, 0.3) is 5.91 Å². The van der Waals surface area contributed by atoms with Crippen molar-refractivity contribution in [3.05, 3.63) is 29.6 Å². The number of methoxy groups -OCH3 is 1. The predicted octanol–water partition coefficient (Wildman–Crippen LogP) is 2.97. The Morgan fingerprint density at radius 2 is 2.28 bits per heavy atom. The second-order valence-corrected chi connectivity index (χ2v) is 4.48. The molecule has 0 aliphatic heterocycles. The van der Waals surface area contributed by atoms with Gasteiger partial charge in [0.15, 0.2) is 0 Å². The minimum absolute atomic E-state index is 0.0211. The van der Waals surface area contributed by atoms with Crippen molar-refractivity contribution in [1.29, 1.82) is 0 Å². The summed E-state index contributed by atoms with van der Waals surface area (Å²) in [6.07, 6.45) is 1.49. The summed E-state index contributed by atoms with van der Waals surface area (Å²) in [6.45, 7) is 2.39. The van der Waals surface area contributed by atoms with E-state index in [0.717, 1.165) is 6.42 Å². The van der Waals surface area contributed by atoms with E-state index >= 15 is 0 Å². The summed E-state index contributed by atoms with van der Waals surface area (Å²) in [5, 5.41) is 2.66. The number of nitrogens with one attached hydrogen (secondary N) is 1. The van der Waals surface area contributed by atoms with E-state index in [0.29, 0.717) is 13.0 Å². The van der Waals surface area contributed by atoms with E-state index in [4.69, 9.17) is 16.3 Å². The van der Waals surface area contributed by atoms with E-state index in [1.807, 2.05) is 6.92 Å². The first-order valence-electron chi connectivity index (χ1n) is 5.84. The molecule has 0 saturated heterocycles. The van der Waals surface area contributed by atoms with Gasteiger partial charge in [-0.2, -0.15) is 0 Å². The van der Waals surface area contributed by atoms with Crippen LogP contribution >= 0.6 is 11.6 Å². The van der Waals surface area contributed by atoms with Crippen LogP contribution in [0.15, 0.2) is 18.2 Å². The molecule has 5 heteroatoms. The van der Waals surface area contributed by atoms with Gasteiger partial charge in [0.1, 0.15) is 17.1 Å². The lowest BCUT2D eigenvalue weighted by Gasteiger charge is -2.11. The summed E-state index contributed by atoms with van der Waals surface area (Å²) in [5.74, 6) is -0.847. The lowest BCUT2D eigenvalue weighted by molar-refractivity contribution is 0.0946. The average Bonchev–Trinajstić information content (AvgIpc) is 2.37. The quantitative estimate of drug-likeness (QED) is 0.809. The Kier molecular flexibility index (Phi) is 5.92. The molecule has 0 aliphatic carbocycles. The second-order valence-electron chi connectivity index (χ2n) is 3.87. The lowest BCUT2D eigenvalue weighted by Crippen LogP contribution is -2.27. The van der Waals surface area contributed by atoms with E-state index < -0.39 is 11.7 Å². The van der Waals surface area contributed by atoms with Gasteiger partial charge in [0.2, 0.25) is 0 Å². The molecule has 1 amide bonds. The van der Waals surface area contributed by atoms with Crippen molar-refractivity contribution in [1.82, 2.24) is 5.32 Å². The Bertz CT molecular complexity index is 412. The number of alkyl halides is 1. The SMILES string of the molecule is CCC(Cl)CCNC(=O)c1c(F)cccc1OC. The molecule has 18 heavy (non-hydrogen) atoms. The molecule has 0 saturated carbocycles. The fraction of sp³-hybridized carbons (Fsp3) is 0.462. The molecule has 0 radical (unpaired) electrons. The van der Waals surface area contributed by atoms with Crippen molar-refractivity contribution in [2.45, 2.75) is 25.1 Å². The van der Waals surface area contributed by atoms with Crippen molar-refractivity contribution in [3.63, 3.8) is 0 Å². The van der Waals surface area contributed by atoms with Crippen molar-refractivity contribution < 1.29 is 13.9 Å². The molecule has 0 fully saturated rings. The Morgan fingerprint density at radius 1 is 1.56 bits per heavy atom. The zero-order valence-electron chi connectivity index (χ0n) is 10.5. The van der Waals surface area contributed by atoms with Crippen LogP contribution in [0.2, 0.25) is 0 Å². The minimum Gasteiger partial charge on any atom is -0.496 e. The zero-order chi connectivity index (χ0) is 13.5. The highest BCUT2D eigenvalue weighted by atomic mass is 35.5. The first-order valence-corrected chi connectivity index (χ1v) is 6.28. The van der Waals surface area contributed by atoms with E-state index in [9.17, 15) is 9.18 Å². The van der Waals surface area contributed by atoms with Gasteiger partial charge >= 0.3 is 0 Å². The standard InChI is InChI=1S/C13H17ClFNO2/c1-3-9(14)7-8-16-13(17)12-10(15)5-4-6-11(12)18-2/h4-6,9H,3,7-8H2,1-2H3,(H,16,17). The summed E-state index contributed by atoms with van der Waals surface area (Å²) in [5.41, 5.74) is -0.0670. The highest BCUT2D eigenvalue weighted by Gasteiger charge is 2.17. The number of amides is 1. The topological polar surface area (TPSA) is 38.3 Å². The largest absolute Gasteiger partial charge is 0.496 e. The van der Waals surface area contributed by atoms with Gasteiger partial charge < -0.3 is 10.1 Å². The highest BCUT2D eigenvalue weighted by molar-refractivity contribution is 6.20. The number of hydrogen-bond acceptors (Lipinski definition) is 2. The van der Waals surface area contributed by atoms with Gasteiger partial charge in [0.05, 0.1) is 7.11 Å². The molecule has 0 aromatic heterocycles. The number of rotatable bonds is 6. The molecule has 0 aliphatic rings. The van der Waals surface area contributed by atoms with Crippen molar-refractivity contribution >= 4 is 17.5 Å². The van der Waals surface area contributed by atoms with Crippen LogP contribution in [0.4, 0.5) is 4.39 Å². The average molecular weight is 274 g/mol. The van der Waals surface area contributed by atoms with Gasteiger partial charge in [-0.3, -0.25) is 4.79 Å². The van der Waals surface area contributed by atoms with Crippen molar-refractivity contribution in [3.8, 4) is 5.75 Å². The van der Waals surface area contributed by atoms with E-state index in [1.165, 1.54) is 19.2 Å². The maximum atomic E-state index is 13.6. The van der Waals surface area contributed by atoms with E-state index in [2.05, 4.69) is 5.32 Å². The fourth-order valence-corrected chi connectivity index (χ4v) is 1.64. The van der Waals surface area contributed by atoms with Crippen LogP contribution in [0.25, 0.3) is 0 Å². The maximum absolute atomic E-state index is 13.6. The highest BCUT2D eigenvalue weighted by Crippen LogP contribution is 2.20. The molecule has 1 aromatic rings. The molecule has 0 spiro atoms. The number of carbonyl (C=O) groups is 1. The van der Waals surface area contributed by atoms with Gasteiger partial charge in [0, 0.05) is 11.9 Å². The first kappa shape index (κ1) is 14.8. The lowest BCUT2D eigenvalue weighted by atomic mass is 10.1. The molecule has 0 bridgehead atoms. The van der Waals surface area contributed by atoms with Crippen LogP contribution in [-0.4, -0.2) is 24.9 Å². The van der Waals surface area contributed by atoms with Gasteiger partial charge in [-0.1, -0.05) is 13.0 Å². The van der Waals surface area contributed by atoms with Crippen LogP contribution in [0.3, 0.4) is 0 Å². The second kappa shape index (κ2) is 7.21. The maximum Gasteiger partial charge on any atom is 0.258 e. The minimum atomic E-state index is -0.593. The molecule has 1 rings (SSSR count). The summed E-state index contributed by atoms with van der Waals surface area (Å²) in [4.78, 5) is 11.8. The first-order chi connectivity index (χ1) is 8.60. The number of carbonyl (C=O) groups excluding carboxylic acids is 1. The Morgan fingerprint density at radius 3 is 2.89 bits per heavy atom. The Hall–Kier alpha value is -1.29. The van der Waals surface area contributed by atoms with Crippen molar-refractivity contribution in [2.75, 3.05) is 13.7 Å². The van der Waals surface area contributed by atoms with Crippen LogP contribution < -0.4 is 10.1 Å². The molecule has 3 nitrogen and oxygen atoms in total. The monoisotopic (exact) mass is 273 g/mol. The normalized spacial score (nSPS) is 12.0. The number of halogens is 2. The molecule has 1 aromatic carbocycles. The number of ether oxygens (including phenoxy) is 1. The summed E-state index contributed by atoms with van der Waals surface area (Å²) < 4.78 is 18.5. The number of benzene rings is 1. The van der Waals surface area contributed by atoms with E-state index in [1.54, 1.807) is 6.07 Å².